The van der Waals surface area contributed by atoms with Gasteiger partial charge in [-0.2, -0.15) is 4.31 Å². The number of sulfonamides is 1. The van der Waals surface area contributed by atoms with Crippen molar-refractivity contribution in [3.63, 3.8) is 0 Å². The van der Waals surface area contributed by atoms with E-state index < -0.39 is 10.0 Å². The van der Waals surface area contributed by atoms with Crippen LogP contribution in [0.15, 0.2) is 29.2 Å². The summed E-state index contributed by atoms with van der Waals surface area (Å²) >= 11 is 4.89. The average molecular weight is 326 g/mol. The standard InChI is InChI=1S/C15H22N2O2S2/c1-11(2)9-10-17(13-5-6-13)21(18,19)14-7-3-12(4-8-14)15(16)20/h3-4,7-8,11,13H,5-6,9-10H2,1-2H3,(H2,16,20). The molecular formula is C15H22N2O2S2. The molecule has 0 atom stereocenters. The zero-order valence-electron chi connectivity index (χ0n) is 12.5. The molecule has 116 valence electrons. The van der Waals surface area contributed by atoms with Crippen molar-refractivity contribution >= 4 is 27.2 Å². The van der Waals surface area contributed by atoms with Crippen molar-refractivity contribution in [2.75, 3.05) is 6.54 Å². The molecule has 1 aliphatic carbocycles. The summed E-state index contributed by atoms with van der Waals surface area (Å²) in [6.07, 6.45) is 2.80. The SMILES string of the molecule is CC(C)CCN(C1CC1)S(=O)(=O)c1ccc(C(N)=S)cc1. The van der Waals surface area contributed by atoms with Crippen LogP contribution in [-0.4, -0.2) is 30.3 Å². The van der Waals surface area contributed by atoms with E-state index in [1.165, 1.54) is 0 Å². The largest absolute Gasteiger partial charge is 0.389 e. The number of hydrogen-bond donors (Lipinski definition) is 1. The molecule has 0 heterocycles. The number of hydrogen-bond acceptors (Lipinski definition) is 3. The highest BCUT2D eigenvalue weighted by molar-refractivity contribution is 7.89. The van der Waals surface area contributed by atoms with Crippen LogP contribution < -0.4 is 5.73 Å². The Bertz CT molecular complexity index is 605. The van der Waals surface area contributed by atoms with Gasteiger partial charge in [-0.05, 0) is 37.3 Å². The summed E-state index contributed by atoms with van der Waals surface area (Å²) in [5.74, 6) is 0.485. The van der Waals surface area contributed by atoms with Crippen LogP contribution in [-0.2, 0) is 10.0 Å². The quantitative estimate of drug-likeness (QED) is 0.782. The summed E-state index contributed by atoms with van der Waals surface area (Å²) < 4.78 is 27.2. The van der Waals surface area contributed by atoms with Crippen LogP contribution >= 0.6 is 12.2 Å². The van der Waals surface area contributed by atoms with E-state index in [-0.39, 0.29) is 11.0 Å². The Morgan fingerprint density at radius 1 is 1.33 bits per heavy atom. The van der Waals surface area contributed by atoms with Crippen LogP contribution in [0.5, 0.6) is 0 Å². The fourth-order valence-electron chi connectivity index (χ4n) is 2.17. The average Bonchev–Trinajstić information content (AvgIpc) is 3.23. The molecule has 0 unspecified atom stereocenters. The van der Waals surface area contributed by atoms with E-state index in [4.69, 9.17) is 18.0 Å². The van der Waals surface area contributed by atoms with Gasteiger partial charge >= 0.3 is 0 Å². The Morgan fingerprint density at radius 3 is 2.33 bits per heavy atom. The third kappa shape index (κ3) is 4.02. The molecule has 21 heavy (non-hydrogen) atoms. The second-order valence-corrected chi connectivity index (χ2v) is 8.25. The van der Waals surface area contributed by atoms with Gasteiger partial charge in [-0.25, -0.2) is 8.42 Å². The first-order chi connectivity index (χ1) is 9.82. The van der Waals surface area contributed by atoms with Crippen LogP contribution in [0.25, 0.3) is 0 Å². The van der Waals surface area contributed by atoms with Crippen molar-refractivity contribution in [3.05, 3.63) is 29.8 Å². The fraction of sp³-hybridized carbons (Fsp3) is 0.533. The third-order valence-corrected chi connectivity index (χ3v) is 5.83. The lowest BCUT2D eigenvalue weighted by atomic mass is 10.1. The van der Waals surface area contributed by atoms with Gasteiger partial charge in [-0.3, -0.25) is 0 Å². The second-order valence-electron chi connectivity index (χ2n) is 5.92. The van der Waals surface area contributed by atoms with E-state index in [2.05, 4.69) is 13.8 Å². The van der Waals surface area contributed by atoms with E-state index in [0.29, 0.717) is 22.9 Å². The highest BCUT2D eigenvalue weighted by Gasteiger charge is 2.37. The first-order valence-corrected chi connectivity index (χ1v) is 9.09. The number of nitrogens with two attached hydrogens (primary N) is 1. The Kier molecular flexibility index (Phi) is 5.01. The van der Waals surface area contributed by atoms with E-state index in [0.717, 1.165) is 19.3 Å². The Balaban J connectivity index is 2.23. The van der Waals surface area contributed by atoms with Crippen molar-refractivity contribution in [1.82, 2.24) is 4.31 Å². The van der Waals surface area contributed by atoms with Gasteiger partial charge in [0, 0.05) is 18.2 Å². The molecule has 4 nitrogen and oxygen atoms in total. The summed E-state index contributed by atoms with van der Waals surface area (Å²) in [4.78, 5) is 0.593. The van der Waals surface area contributed by atoms with Gasteiger partial charge in [0.2, 0.25) is 10.0 Å². The highest BCUT2D eigenvalue weighted by Crippen LogP contribution is 2.32. The van der Waals surface area contributed by atoms with Crippen LogP contribution in [0.3, 0.4) is 0 Å². The van der Waals surface area contributed by atoms with Gasteiger partial charge < -0.3 is 5.73 Å². The second kappa shape index (κ2) is 6.42. The fourth-order valence-corrected chi connectivity index (χ4v) is 4.01. The summed E-state index contributed by atoms with van der Waals surface area (Å²) in [5.41, 5.74) is 6.23. The number of benzene rings is 1. The number of thiocarbonyl (C=S) groups is 1. The van der Waals surface area contributed by atoms with E-state index >= 15 is 0 Å². The van der Waals surface area contributed by atoms with Crippen molar-refractivity contribution in [3.8, 4) is 0 Å². The van der Waals surface area contributed by atoms with Crippen molar-refractivity contribution in [2.45, 2.75) is 44.0 Å². The maximum absolute atomic E-state index is 12.8. The minimum atomic E-state index is -3.43. The lowest BCUT2D eigenvalue weighted by molar-refractivity contribution is 0.373. The van der Waals surface area contributed by atoms with Gasteiger partial charge in [-0.1, -0.05) is 38.2 Å². The monoisotopic (exact) mass is 326 g/mol. The number of rotatable bonds is 7. The zero-order chi connectivity index (χ0) is 15.6. The molecule has 0 amide bonds. The Hall–Kier alpha value is -0.980. The minimum absolute atomic E-state index is 0.170. The van der Waals surface area contributed by atoms with Crippen molar-refractivity contribution in [2.24, 2.45) is 11.7 Å². The van der Waals surface area contributed by atoms with Crippen molar-refractivity contribution < 1.29 is 8.42 Å². The molecule has 1 saturated carbocycles. The number of nitrogens with zero attached hydrogens (tertiary/aromatic N) is 1. The molecule has 0 radical (unpaired) electrons. The van der Waals surface area contributed by atoms with Crippen LogP contribution in [0.1, 0.15) is 38.7 Å². The molecule has 2 N–H and O–H groups in total. The molecule has 1 aromatic carbocycles. The van der Waals surface area contributed by atoms with Crippen molar-refractivity contribution in [1.29, 1.82) is 0 Å². The molecule has 0 spiro atoms. The first-order valence-electron chi connectivity index (χ1n) is 7.24. The molecule has 6 heteroatoms. The van der Waals surface area contributed by atoms with E-state index in [1.807, 2.05) is 0 Å². The van der Waals surface area contributed by atoms with E-state index in [1.54, 1.807) is 28.6 Å². The molecule has 0 aromatic heterocycles. The molecule has 0 saturated heterocycles. The van der Waals surface area contributed by atoms with Gasteiger partial charge in [0.15, 0.2) is 0 Å². The lowest BCUT2D eigenvalue weighted by Gasteiger charge is -2.23. The highest BCUT2D eigenvalue weighted by atomic mass is 32.2. The van der Waals surface area contributed by atoms with Gasteiger partial charge in [0.1, 0.15) is 4.99 Å². The zero-order valence-corrected chi connectivity index (χ0v) is 14.1. The molecular weight excluding hydrogens is 304 g/mol. The first kappa shape index (κ1) is 16.4. The van der Waals surface area contributed by atoms with Crippen LogP contribution in [0, 0.1) is 5.92 Å². The Labute approximate surface area is 132 Å². The smallest absolute Gasteiger partial charge is 0.243 e. The topological polar surface area (TPSA) is 63.4 Å². The predicted molar refractivity (Wildman–Crippen MR) is 88.7 cm³/mol. The minimum Gasteiger partial charge on any atom is -0.389 e. The molecule has 1 fully saturated rings. The Morgan fingerprint density at radius 2 is 1.90 bits per heavy atom. The summed E-state index contributed by atoms with van der Waals surface area (Å²) in [6, 6.07) is 6.69. The normalized spacial score (nSPS) is 15.6. The van der Waals surface area contributed by atoms with Crippen LogP contribution in [0.2, 0.25) is 0 Å². The summed E-state index contributed by atoms with van der Waals surface area (Å²) in [5, 5.41) is 0. The lowest BCUT2D eigenvalue weighted by Crippen LogP contribution is -2.34. The maximum atomic E-state index is 12.8. The molecule has 1 aliphatic rings. The maximum Gasteiger partial charge on any atom is 0.243 e. The van der Waals surface area contributed by atoms with Gasteiger partial charge in [-0.15, -0.1) is 0 Å². The summed E-state index contributed by atoms with van der Waals surface area (Å²) in [7, 11) is -3.43. The molecule has 0 bridgehead atoms. The predicted octanol–water partition coefficient (Wildman–Crippen LogP) is 2.52. The van der Waals surface area contributed by atoms with E-state index in [9.17, 15) is 8.42 Å². The van der Waals surface area contributed by atoms with Gasteiger partial charge in [0.25, 0.3) is 0 Å². The molecule has 2 rings (SSSR count). The summed E-state index contributed by atoms with van der Waals surface area (Å²) in [6.45, 7) is 4.80. The molecule has 0 aliphatic heterocycles. The van der Waals surface area contributed by atoms with Crippen LogP contribution in [0.4, 0.5) is 0 Å². The third-order valence-electron chi connectivity index (χ3n) is 3.63. The van der Waals surface area contributed by atoms with Gasteiger partial charge in [0.05, 0.1) is 4.90 Å². The molecule has 1 aromatic rings.